The fourth-order valence-electron chi connectivity index (χ4n) is 2.27. The van der Waals surface area contributed by atoms with Crippen LogP contribution in [-0.2, 0) is 4.79 Å². The van der Waals surface area contributed by atoms with Crippen LogP contribution in [0.4, 0.5) is 5.69 Å². The third kappa shape index (κ3) is 2.27. The number of carbonyl (C=O) groups is 2. The first-order valence-corrected chi connectivity index (χ1v) is 6.26. The minimum Gasteiger partial charge on any atom is -0.325 e. The van der Waals surface area contributed by atoms with Crippen LogP contribution < -0.4 is 5.32 Å². The molecule has 0 fully saturated rings. The molecule has 19 heavy (non-hydrogen) atoms. The first-order chi connectivity index (χ1) is 9.24. The molecule has 3 heteroatoms. The van der Waals surface area contributed by atoms with Crippen LogP contribution in [0, 0.1) is 0 Å². The van der Waals surface area contributed by atoms with Crippen molar-refractivity contribution < 1.29 is 9.59 Å². The summed E-state index contributed by atoms with van der Waals surface area (Å²) in [6, 6.07) is 15.5. The summed E-state index contributed by atoms with van der Waals surface area (Å²) in [6.45, 7) is 0. The van der Waals surface area contributed by atoms with Crippen LogP contribution in [0.15, 0.2) is 48.5 Å². The molecular formula is C16H13NO2. The third-order valence-corrected chi connectivity index (χ3v) is 3.28. The molecule has 2 aromatic carbocycles. The topological polar surface area (TPSA) is 46.2 Å². The summed E-state index contributed by atoms with van der Waals surface area (Å²) in [4.78, 5) is 23.5. The highest BCUT2D eigenvalue weighted by molar-refractivity contribution is 6.09. The molecule has 0 radical (unpaired) electrons. The average molecular weight is 251 g/mol. The Morgan fingerprint density at radius 1 is 0.842 bits per heavy atom. The quantitative estimate of drug-likeness (QED) is 0.845. The lowest BCUT2D eigenvalue weighted by Gasteiger charge is -2.08. The van der Waals surface area contributed by atoms with E-state index in [9.17, 15) is 9.59 Å². The van der Waals surface area contributed by atoms with E-state index in [0.717, 1.165) is 11.1 Å². The van der Waals surface area contributed by atoms with E-state index in [2.05, 4.69) is 5.32 Å². The summed E-state index contributed by atoms with van der Waals surface area (Å²) in [7, 11) is 0. The molecule has 0 bridgehead atoms. The van der Waals surface area contributed by atoms with Crippen LogP contribution in [0.5, 0.6) is 0 Å². The summed E-state index contributed by atoms with van der Waals surface area (Å²) in [5, 5.41) is 2.77. The maximum Gasteiger partial charge on any atom is 0.224 e. The van der Waals surface area contributed by atoms with Crippen molar-refractivity contribution in [2.45, 2.75) is 12.8 Å². The van der Waals surface area contributed by atoms with Gasteiger partial charge in [-0.1, -0.05) is 36.4 Å². The summed E-state index contributed by atoms with van der Waals surface area (Å²) >= 11 is 0. The Hall–Kier alpha value is -2.42. The van der Waals surface area contributed by atoms with Gasteiger partial charge in [0.05, 0.1) is 5.69 Å². The van der Waals surface area contributed by atoms with Crippen molar-refractivity contribution in [1.82, 2.24) is 0 Å². The van der Waals surface area contributed by atoms with E-state index in [-0.39, 0.29) is 24.5 Å². The van der Waals surface area contributed by atoms with Gasteiger partial charge in [-0.15, -0.1) is 0 Å². The Labute approximate surface area is 111 Å². The first kappa shape index (κ1) is 11.7. The van der Waals surface area contributed by atoms with Crippen molar-refractivity contribution in [2.75, 3.05) is 5.32 Å². The molecule has 94 valence electrons. The van der Waals surface area contributed by atoms with E-state index >= 15 is 0 Å². The van der Waals surface area contributed by atoms with Crippen molar-refractivity contribution in [1.29, 1.82) is 0 Å². The molecule has 0 saturated heterocycles. The number of nitrogens with one attached hydrogen (secondary N) is 1. The minimum atomic E-state index is -0.0976. The van der Waals surface area contributed by atoms with Gasteiger partial charge in [-0.2, -0.15) is 0 Å². The number of benzene rings is 2. The SMILES string of the molecule is O=C1CCC(=O)c2cc(-c3ccccc3)ccc2N1. The second-order valence-corrected chi connectivity index (χ2v) is 4.60. The van der Waals surface area contributed by atoms with Crippen molar-refractivity contribution >= 4 is 17.4 Å². The number of carbonyl (C=O) groups excluding carboxylic acids is 2. The summed E-state index contributed by atoms with van der Waals surface area (Å²) in [5.41, 5.74) is 3.27. The predicted octanol–water partition coefficient (Wildman–Crippen LogP) is 3.27. The number of ketones is 1. The first-order valence-electron chi connectivity index (χ1n) is 6.26. The van der Waals surface area contributed by atoms with E-state index in [1.807, 2.05) is 42.5 Å². The fourth-order valence-corrected chi connectivity index (χ4v) is 2.27. The lowest BCUT2D eigenvalue weighted by atomic mass is 9.99. The van der Waals surface area contributed by atoms with E-state index in [0.29, 0.717) is 11.3 Å². The maximum absolute atomic E-state index is 12.0. The minimum absolute atomic E-state index is 0.0196. The normalized spacial score (nSPS) is 14.5. The van der Waals surface area contributed by atoms with Gasteiger partial charge < -0.3 is 5.32 Å². The molecule has 1 heterocycles. The molecule has 2 aromatic rings. The van der Waals surface area contributed by atoms with Crippen molar-refractivity contribution in [3.05, 3.63) is 54.1 Å². The van der Waals surface area contributed by atoms with Crippen molar-refractivity contribution in [2.24, 2.45) is 0 Å². The molecule has 0 aliphatic carbocycles. The molecule has 1 aliphatic heterocycles. The highest BCUT2D eigenvalue weighted by atomic mass is 16.2. The smallest absolute Gasteiger partial charge is 0.224 e. The molecule has 1 N–H and O–H groups in total. The Morgan fingerprint density at radius 3 is 2.42 bits per heavy atom. The number of Topliss-reactive ketones (excluding diaryl/α,β-unsaturated/α-hetero) is 1. The zero-order chi connectivity index (χ0) is 13.2. The molecule has 0 unspecified atom stereocenters. The molecular weight excluding hydrogens is 238 g/mol. The van der Waals surface area contributed by atoms with Gasteiger partial charge in [0.25, 0.3) is 0 Å². The molecule has 1 aliphatic rings. The van der Waals surface area contributed by atoms with Crippen molar-refractivity contribution in [3.8, 4) is 11.1 Å². The zero-order valence-electron chi connectivity index (χ0n) is 10.3. The van der Waals surface area contributed by atoms with Gasteiger partial charge in [-0.05, 0) is 23.3 Å². The van der Waals surface area contributed by atoms with Crippen LogP contribution in [-0.4, -0.2) is 11.7 Å². The summed E-state index contributed by atoms with van der Waals surface area (Å²) in [6.07, 6.45) is 0.533. The second-order valence-electron chi connectivity index (χ2n) is 4.60. The van der Waals surface area contributed by atoms with Gasteiger partial charge in [-0.3, -0.25) is 9.59 Å². The Kier molecular flexibility index (Phi) is 2.88. The molecule has 0 saturated carbocycles. The van der Waals surface area contributed by atoms with Gasteiger partial charge in [0.2, 0.25) is 5.91 Å². The van der Waals surface area contributed by atoms with Crippen LogP contribution in [0.25, 0.3) is 11.1 Å². The standard InChI is InChI=1S/C16H13NO2/c18-15-8-9-16(19)17-14-7-6-12(10-13(14)15)11-4-2-1-3-5-11/h1-7,10H,8-9H2,(H,17,19). The molecule has 0 aromatic heterocycles. The number of hydrogen-bond acceptors (Lipinski definition) is 2. The Balaban J connectivity index is 2.08. The zero-order valence-corrected chi connectivity index (χ0v) is 10.3. The van der Waals surface area contributed by atoms with Crippen LogP contribution in [0.1, 0.15) is 23.2 Å². The van der Waals surface area contributed by atoms with Gasteiger partial charge >= 0.3 is 0 Å². The van der Waals surface area contributed by atoms with E-state index in [1.165, 1.54) is 0 Å². The highest BCUT2D eigenvalue weighted by Crippen LogP contribution is 2.28. The van der Waals surface area contributed by atoms with E-state index < -0.39 is 0 Å². The van der Waals surface area contributed by atoms with Crippen LogP contribution >= 0.6 is 0 Å². The summed E-state index contributed by atoms with van der Waals surface area (Å²) in [5.74, 6) is -0.0781. The second kappa shape index (κ2) is 4.69. The van der Waals surface area contributed by atoms with Crippen LogP contribution in [0.3, 0.4) is 0 Å². The predicted molar refractivity (Wildman–Crippen MR) is 74.1 cm³/mol. The van der Waals surface area contributed by atoms with Crippen molar-refractivity contribution in [3.63, 3.8) is 0 Å². The molecule has 3 nitrogen and oxygen atoms in total. The fraction of sp³-hybridized carbons (Fsp3) is 0.125. The number of amides is 1. The lowest BCUT2D eigenvalue weighted by Crippen LogP contribution is -2.09. The number of fused-ring (bicyclic) bond motifs is 1. The number of rotatable bonds is 1. The van der Waals surface area contributed by atoms with Gasteiger partial charge in [0.1, 0.15) is 0 Å². The molecule has 1 amide bonds. The van der Waals surface area contributed by atoms with Gasteiger partial charge in [-0.25, -0.2) is 0 Å². The maximum atomic E-state index is 12.0. The number of hydrogen-bond donors (Lipinski definition) is 1. The highest BCUT2D eigenvalue weighted by Gasteiger charge is 2.19. The number of anilines is 1. The lowest BCUT2D eigenvalue weighted by molar-refractivity contribution is -0.116. The van der Waals surface area contributed by atoms with E-state index in [1.54, 1.807) is 6.07 Å². The molecule has 3 rings (SSSR count). The third-order valence-electron chi connectivity index (χ3n) is 3.28. The van der Waals surface area contributed by atoms with Gasteiger partial charge in [0, 0.05) is 18.4 Å². The monoisotopic (exact) mass is 251 g/mol. The van der Waals surface area contributed by atoms with Crippen LogP contribution in [0.2, 0.25) is 0 Å². The summed E-state index contributed by atoms with van der Waals surface area (Å²) < 4.78 is 0. The van der Waals surface area contributed by atoms with Gasteiger partial charge in [0.15, 0.2) is 5.78 Å². The Bertz CT molecular complexity index is 647. The average Bonchev–Trinajstić information content (AvgIpc) is 2.59. The largest absolute Gasteiger partial charge is 0.325 e. The molecule has 0 spiro atoms. The molecule has 0 atom stereocenters. The van der Waals surface area contributed by atoms with E-state index in [4.69, 9.17) is 0 Å². The Morgan fingerprint density at radius 2 is 1.63 bits per heavy atom.